The van der Waals surface area contributed by atoms with Crippen LogP contribution in [0.5, 0.6) is 5.75 Å². The summed E-state index contributed by atoms with van der Waals surface area (Å²) >= 11 is 0. The predicted octanol–water partition coefficient (Wildman–Crippen LogP) is 4.87. The predicted molar refractivity (Wildman–Crippen MR) is 122 cm³/mol. The Labute approximate surface area is 196 Å². The Balaban J connectivity index is 1.56. The van der Waals surface area contributed by atoms with E-state index < -0.39 is 17.8 Å². The number of ether oxygens (including phenoxy) is 3. The van der Waals surface area contributed by atoms with Crippen molar-refractivity contribution in [3.05, 3.63) is 51.3 Å². The zero-order valence-corrected chi connectivity index (χ0v) is 19.3. The number of hydrogen-bond acceptors (Lipinski definition) is 5. The first-order valence-corrected chi connectivity index (χ1v) is 12.0. The third-order valence-electron chi connectivity index (χ3n) is 7.42. The third kappa shape index (κ3) is 4.02. The highest BCUT2D eigenvalue weighted by Gasteiger charge is 2.44. The minimum Gasteiger partial charge on any atom is -0.493 e. The largest absolute Gasteiger partial charge is 0.493 e. The number of halogens is 2. The lowest BCUT2D eigenvalue weighted by molar-refractivity contribution is 0.0486. The molecule has 2 aliphatic heterocycles. The number of aromatic nitrogens is 1. The van der Waals surface area contributed by atoms with Crippen LogP contribution in [0.25, 0.3) is 11.3 Å². The van der Waals surface area contributed by atoms with Gasteiger partial charge in [-0.15, -0.1) is 0 Å². The van der Waals surface area contributed by atoms with E-state index in [4.69, 9.17) is 14.2 Å². The van der Waals surface area contributed by atoms with Crippen LogP contribution in [-0.4, -0.2) is 37.0 Å². The SMILES string of the molecule is CCOC(=O)c1cn2c(cc1=O)-c1cc(C(F)F)c(OCC3CCOCC3)cc1CC21CCC1. The van der Waals surface area contributed by atoms with Gasteiger partial charge in [-0.2, -0.15) is 0 Å². The number of rotatable bonds is 6. The van der Waals surface area contributed by atoms with Gasteiger partial charge in [-0.25, -0.2) is 13.6 Å². The summed E-state index contributed by atoms with van der Waals surface area (Å²) in [5.74, 6) is -0.157. The minimum absolute atomic E-state index is 0.0224. The summed E-state index contributed by atoms with van der Waals surface area (Å²) in [6.07, 6.45) is 4.01. The van der Waals surface area contributed by atoms with Gasteiger partial charge in [0.15, 0.2) is 5.43 Å². The zero-order valence-electron chi connectivity index (χ0n) is 19.3. The highest BCUT2D eigenvalue weighted by Crippen LogP contribution is 2.50. The highest BCUT2D eigenvalue weighted by molar-refractivity contribution is 5.89. The first-order valence-electron chi connectivity index (χ1n) is 12.0. The molecule has 3 heterocycles. The first kappa shape index (κ1) is 23.0. The Morgan fingerprint density at radius 2 is 2.00 bits per heavy atom. The summed E-state index contributed by atoms with van der Waals surface area (Å²) in [4.78, 5) is 25.1. The molecule has 0 bridgehead atoms. The smallest absolute Gasteiger partial charge is 0.343 e. The Morgan fingerprint density at radius 1 is 1.24 bits per heavy atom. The van der Waals surface area contributed by atoms with Gasteiger partial charge in [-0.1, -0.05) is 0 Å². The zero-order chi connectivity index (χ0) is 23.9. The van der Waals surface area contributed by atoms with E-state index in [2.05, 4.69) is 0 Å². The van der Waals surface area contributed by atoms with Gasteiger partial charge in [0, 0.05) is 36.6 Å². The van der Waals surface area contributed by atoms with Crippen molar-refractivity contribution >= 4 is 5.97 Å². The summed E-state index contributed by atoms with van der Waals surface area (Å²) in [5.41, 5.74) is 1.12. The number of nitrogens with zero attached hydrogens (tertiary/aromatic N) is 1. The molecule has 34 heavy (non-hydrogen) atoms. The molecule has 2 fully saturated rings. The maximum absolute atomic E-state index is 14.1. The average molecular weight is 474 g/mol. The molecule has 0 atom stereocenters. The van der Waals surface area contributed by atoms with Crippen molar-refractivity contribution in [1.29, 1.82) is 0 Å². The monoisotopic (exact) mass is 473 g/mol. The molecule has 1 aromatic heterocycles. The van der Waals surface area contributed by atoms with Gasteiger partial charge in [0.2, 0.25) is 0 Å². The fraction of sp³-hybridized carbons (Fsp3) is 0.538. The molecule has 1 aromatic carbocycles. The lowest BCUT2D eigenvalue weighted by Gasteiger charge is -2.49. The number of carbonyl (C=O) groups excluding carboxylic acids is 1. The molecule has 182 valence electrons. The fourth-order valence-electron chi connectivity index (χ4n) is 5.38. The summed E-state index contributed by atoms with van der Waals surface area (Å²) in [6.45, 7) is 3.57. The summed E-state index contributed by atoms with van der Waals surface area (Å²) in [6, 6.07) is 4.59. The van der Waals surface area contributed by atoms with E-state index in [1.807, 2.05) is 4.57 Å². The van der Waals surface area contributed by atoms with Gasteiger partial charge in [-0.3, -0.25) is 4.79 Å². The number of benzene rings is 1. The average Bonchev–Trinajstić information content (AvgIpc) is 2.80. The molecule has 5 rings (SSSR count). The van der Waals surface area contributed by atoms with Gasteiger partial charge < -0.3 is 18.8 Å². The topological polar surface area (TPSA) is 66.8 Å². The van der Waals surface area contributed by atoms with E-state index in [1.165, 1.54) is 12.1 Å². The number of pyridine rings is 1. The molecule has 1 spiro atoms. The van der Waals surface area contributed by atoms with Crippen LogP contribution >= 0.6 is 0 Å². The number of fused-ring (bicyclic) bond motifs is 4. The first-order chi connectivity index (χ1) is 16.4. The fourth-order valence-corrected chi connectivity index (χ4v) is 5.38. The van der Waals surface area contributed by atoms with Crippen molar-refractivity contribution in [2.75, 3.05) is 26.4 Å². The third-order valence-corrected chi connectivity index (χ3v) is 7.42. The maximum atomic E-state index is 14.1. The minimum atomic E-state index is -2.71. The second-order valence-electron chi connectivity index (χ2n) is 9.50. The van der Waals surface area contributed by atoms with E-state index in [-0.39, 0.29) is 34.9 Å². The van der Waals surface area contributed by atoms with Gasteiger partial charge in [0.1, 0.15) is 11.3 Å². The molecule has 2 aromatic rings. The van der Waals surface area contributed by atoms with E-state index in [1.54, 1.807) is 19.2 Å². The molecular formula is C26H29F2NO5. The molecule has 3 aliphatic rings. The van der Waals surface area contributed by atoms with Crippen LogP contribution in [0.1, 0.15) is 66.9 Å². The van der Waals surface area contributed by atoms with E-state index in [0.29, 0.717) is 37.5 Å². The number of hydrogen-bond donors (Lipinski definition) is 0. The lowest BCUT2D eigenvalue weighted by Crippen LogP contribution is -2.46. The number of carbonyl (C=O) groups is 1. The molecule has 1 saturated carbocycles. The van der Waals surface area contributed by atoms with Gasteiger partial charge >= 0.3 is 5.97 Å². The molecular weight excluding hydrogens is 444 g/mol. The molecule has 0 unspecified atom stereocenters. The maximum Gasteiger partial charge on any atom is 0.343 e. The second-order valence-corrected chi connectivity index (χ2v) is 9.50. The molecule has 0 amide bonds. The Hall–Kier alpha value is -2.74. The van der Waals surface area contributed by atoms with Crippen LogP contribution in [-0.2, 0) is 21.4 Å². The molecule has 1 aliphatic carbocycles. The van der Waals surface area contributed by atoms with E-state index >= 15 is 0 Å². The molecule has 0 radical (unpaired) electrons. The Morgan fingerprint density at radius 3 is 2.65 bits per heavy atom. The highest BCUT2D eigenvalue weighted by atomic mass is 19.3. The van der Waals surface area contributed by atoms with Crippen LogP contribution in [0.4, 0.5) is 8.78 Å². The Bertz CT molecular complexity index is 1150. The normalized spacial score (nSPS) is 18.8. The van der Waals surface area contributed by atoms with Gasteiger partial charge in [0.05, 0.1) is 24.5 Å². The second kappa shape index (κ2) is 9.13. The molecule has 1 saturated heterocycles. The lowest BCUT2D eigenvalue weighted by atomic mass is 9.69. The van der Waals surface area contributed by atoms with Crippen LogP contribution in [0, 0.1) is 5.92 Å². The van der Waals surface area contributed by atoms with Crippen LogP contribution in [0.15, 0.2) is 29.2 Å². The molecule has 6 nitrogen and oxygen atoms in total. The van der Waals surface area contributed by atoms with Crippen LogP contribution in [0.2, 0.25) is 0 Å². The van der Waals surface area contributed by atoms with Crippen LogP contribution < -0.4 is 10.2 Å². The van der Waals surface area contributed by atoms with E-state index in [0.717, 1.165) is 37.7 Å². The quantitative estimate of drug-likeness (QED) is 0.560. The molecule has 0 N–H and O–H groups in total. The van der Waals surface area contributed by atoms with Crippen molar-refractivity contribution < 1.29 is 27.8 Å². The summed E-state index contributed by atoms with van der Waals surface area (Å²) < 4.78 is 46.5. The van der Waals surface area contributed by atoms with Gasteiger partial charge in [0.25, 0.3) is 6.43 Å². The van der Waals surface area contributed by atoms with E-state index in [9.17, 15) is 18.4 Å². The number of esters is 1. The van der Waals surface area contributed by atoms with Crippen molar-refractivity contribution in [2.24, 2.45) is 5.92 Å². The Kier molecular flexibility index (Phi) is 6.18. The number of alkyl halides is 2. The van der Waals surface area contributed by atoms with Crippen molar-refractivity contribution in [3.8, 4) is 17.0 Å². The standard InChI is InChI=1S/C26H29F2NO5/c1-2-33-25(31)20-14-29-21(12-22(20)30)18-11-19(24(27)28)23(34-15-16-4-8-32-9-5-16)10-17(18)13-26(29)6-3-7-26/h10-12,14,16,24H,2-9,13,15H2,1H3. The summed E-state index contributed by atoms with van der Waals surface area (Å²) in [7, 11) is 0. The summed E-state index contributed by atoms with van der Waals surface area (Å²) in [5, 5.41) is 0. The molecule has 8 heteroatoms. The van der Waals surface area contributed by atoms with Crippen molar-refractivity contribution in [2.45, 2.75) is 57.4 Å². The van der Waals surface area contributed by atoms with Gasteiger partial charge in [-0.05, 0) is 69.1 Å². The van der Waals surface area contributed by atoms with Crippen molar-refractivity contribution in [3.63, 3.8) is 0 Å². The van der Waals surface area contributed by atoms with Crippen molar-refractivity contribution in [1.82, 2.24) is 4.57 Å². The van der Waals surface area contributed by atoms with Crippen LogP contribution in [0.3, 0.4) is 0 Å².